The fraction of sp³-hybridized carbons (Fsp3) is 0.923. The van der Waals surface area contributed by atoms with Gasteiger partial charge in [0.1, 0.15) is 5.60 Å². The van der Waals surface area contributed by atoms with Crippen molar-refractivity contribution >= 4 is 5.91 Å². The van der Waals surface area contributed by atoms with Gasteiger partial charge in [-0.3, -0.25) is 4.79 Å². The summed E-state index contributed by atoms with van der Waals surface area (Å²) in [6.45, 7) is 0.286. The van der Waals surface area contributed by atoms with Crippen molar-refractivity contribution in [2.75, 3.05) is 6.54 Å². The molecule has 0 aromatic heterocycles. The molecular formula is C13H23NO3. The molecule has 0 saturated heterocycles. The minimum Gasteiger partial charge on any atom is -0.388 e. The molecule has 0 aliphatic heterocycles. The Kier molecular flexibility index (Phi) is 3.73. The van der Waals surface area contributed by atoms with E-state index in [4.69, 9.17) is 0 Å². The summed E-state index contributed by atoms with van der Waals surface area (Å²) in [7, 11) is 0. The molecule has 2 aliphatic carbocycles. The quantitative estimate of drug-likeness (QED) is 0.693. The fourth-order valence-corrected chi connectivity index (χ4v) is 2.98. The SMILES string of the molecule is O=C(NCC1(O)CCCCC1)C1(O)CCCC1. The van der Waals surface area contributed by atoms with E-state index in [1.807, 2.05) is 0 Å². The molecule has 4 heteroatoms. The van der Waals surface area contributed by atoms with Gasteiger partial charge in [-0.15, -0.1) is 0 Å². The molecule has 2 rings (SSSR count). The van der Waals surface area contributed by atoms with Gasteiger partial charge in [-0.2, -0.15) is 0 Å². The van der Waals surface area contributed by atoms with Crippen LogP contribution in [0.4, 0.5) is 0 Å². The Hall–Kier alpha value is -0.610. The maximum Gasteiger partial charge on any atom is 0.252 e. The van der Waals surface area contributed by atoms with Gasteiger partial charge in [0.05, 0.1) is 5.60 Å². The minimum atomic E-state index is -1.18. The highest BCUT2D eigenvalue weighted by Gasteiger charge is 2.40. The van der Waals surface area contributed by atoms with Gasteiger partial charge in [-0.25, -0.2) is 0 Å². The van der Waals surface area contributed by atoms with E-state index in [2.05, 4.69) is 5.32 Å². The molecule has 0 radical (unpaired) electrons. The standard InChI is InChI=1S/C13H23NO3/c15-11(13(17)8-4-5-9-13)14-10-12(16)6-2-1-3-7-12/h16-17H,1-10H2,(H,14,15). The molecule has 4 nitrogen and oxygen atoms in total. The average molecular weight is 241 g/mol. The third kappa shape index (κ3) is 2.99. The van der Waals surface area contributed by atoms with E-state index in [0.717, 1.165) is 38.5 Å². The van der Waals surface area contributed by atoms with Crippen molar-refractivity contribution in [2.45, 2.75) is 69.0 Å². The molecule has 1 amide bonds. The molecule has 0 atom stereocenters. The number of rotatable bonds is 3. The highest BCUT2D eigenvalue weighted by Crippen LogP contribution is 2.30. The Morgan fingerprint density at radius 3 is 2.06 bits per heavy atom. The summed E-state index contributed by atoms with van der Waals surface area (Å²) in [6, 6.07) is 0. The normalized spacial score (nSPS) is 26.7. The van der Waals surface area contributed by atoms with Crippen LogP contribution in [-0.2, 0) is 4.79 Å². The summed E-state index contributed by atoms with van der Waals surface area (Å²) in [5, 5.41) is 23.1. The summed E-state index contributed by atoms with van der Waals surface area (Å²) >= 11 is 0. The van der Waals surface area contributed by atoms with Crippen molar-refractivity contribution in [1.29, 1.82) is 0 Å². The summed E-state index contributed by atoms with van der Waals surface area (Å²) < 4.78 is 0. The monoisotopic (exact) mass is 241 g/mol. The largest absolute Gasteiger partial charge is 0.388 e. The lowest BCUT2D eigenvalue weighted by atomic mass is 9.84. The van der Waals surface area contributed by atoms with E-state index in [0.29, 0.717) is 12.8 Å². The summed E-state index contributed by atoms with van der Waals surface area (Å²) in [6.07, 6.45) is 7.65. The predicted octanol–water partition coefficient (Wildman–Crippen LogP) is 1.10. The Balaban J connectivity index is 1.83. The van der Waals surface area contributed by atoms with Gasteiger partial charge in [-0.1, -0.05) is 19.3 Å². The van der Waals surface area contributed by atoms with Crippen LogP contribution in [0.1, 0.15) is 57.8 Å². The van der Waals surface area contributed by atoms with E-state index in [9.17, 15) is 15.0 Å². The third-order valence-electron chi connectivity index (χ3n) is 4.22. The van der Waals surface area contributed by atoms with Gasteiger partial charge in [0.2, 0.25) is 0 Å². The molecule has 0 unspecified atom stereocenters. The lowest BCUT2D eigenvalue weighted by Crippen LogP contribution is -2.51. The van der Waals surface area contributed by atoms with Crippen LogP contribution in [0, 0.1) is 0 Å². The highest BCUT2D eigenvalue weighted by atomic mass is 16.3. The fourth-order valence-electron chi connectivity index (χ4n) is 2.98. The zero-order chi connectivity index (χ0) is 12.4. The smallest absolute Gasteiger partial charge is 0.252 e. The molecule has 0 aromatic carbocycles. The van der Waals surface area contributed by atoms with Crippen LogP contribution in [0.5, 0.6) is 0 Å². The van der Waals surface area contributed by atoms with Crippen molar-refractivity contribution in [3.8, 4) is 0 Å². The Morgan fingerprint density at radius 1 is 0.941 bits per heavy atom. The van der Waals surface area contributed by atoms with Crippen LogP contribution >= 0.6 is 0 Å². The zero-order valence-corrected chi connectivity index (χ0v) is 10.4. The molecule has 17 heavy (non-hydrogen) atoms. The first kappa shape index (κ1) is 12.8. The molecule has 0 bridgehead atoms. The maximum atomic E-state index is 11.9. The van der Waals surface area contributed by atoms with Gasteiger partial charge >= 0.3 is 0 Å². The van der Waals surface area contributed by atoms with Crippen LogP contribution in [0.25, 0.3) is 0 Å². The molecule has 2 saturated carbocycles. The number of amides is 1. The second-order valence-corrected chi connectivity index (χ2v) is 5.71. The Morgan fingerprint density at radius 2 is 1.47 bits per heavy atom. The molecular weight excluding hydrogens is 218 g/mol. The maximum absolute atomic E-state index is 11.9. The van der Waals surface area contributed by atoms with Crippen LogP contribution < -0.4 is 5.32 Å². The summed E-state index contributed by atoms with van der Waals surface area (Å²) in [5.74, 6) is -0.297. The lowest BCUT2D eigenvalue weighted by molar-refractivity contribution is -0.140. The third-order valence-corrected chi connectivity index (χ3v) is 4.22. The van der Waals surface area contributed by atoms with Gasteiger partial charge in [0, 0.05) is 6.54 Å². The number of aliphatic hydroxyl groups is 2. The molecule has 98 valence electrons. The van der Waals surface area contributed by atoms with Crippen molar-refractivity contribution < 1.29 is 15.0 Å². The Bertz CT molecular complexity index is 278. The van der Waals surface area contributed by atoms with Crippen LogP contribution in [0.15, 0.2) is 0 Å². The van der Waals surface area contributed by atoms with E-state index in [1.54, 1.807) is 0 Å². The zero-order valence-electron chi connectivity index (χ0n) is 10.4. The topological polar surface area (TPSA) is 69.6 Å². The van der Waals surface area contributed by atoms with Crippen molar-refractivity contribution in [2.24, 2.45) is 0 Å². The second-order valence-electron chi connectivity index (χ2n) is 5.71. The lowest BCUT2D eigenvalue weighted by Gasteiger charge is -2.33. The second kappa shape index (κ2) is 4.94. The molecule has 0 spiro atoms. The first-order chi connectivity index (χ1) is 8.04. The Labute approximate surface area is 102 Å². The number of nitrogens with one attached hydrogen (secondary N) is 1. The van der Waals surface area contributed by atoms with Crippen LogP contribution in [0.3, 0.4) is 0 Å². The number of carbonyl (C=O) groups is 1. The van der Waals surface area contributed by atoms with Gasteiger partial charge in [0.15, 0.2) is 0 Å². The van der Waals surface area contributed by atoms with Gasteiger partial charge < -0.3 is 15.5 Å². The first-order valence-corrected chi connectivity index (χ1v) is 6.77. The number of hydrogen-bond donors (Lipinski definition) is 3. The first-order valence-electron chi connectivity index (χ1n) is 6.77. The van der Waals surface area contributed by atoms with E-state index in [-0.39, 0.29) is 12.5 Å². The van der Waals surface area contributed by atoms with Crippen LogP contribution in [0.2, 0.25) is 0 Å². The van der Waals surface area contributed by atoms with Gasteiger partial charge in [-0.05, 0) is 38.5 Å². The van der Waals surface area contributed by atoms with Crippen molar-refractivity contribution in [1.82, 2.24) is 5.32 Å². The molecule has 0 aromatic rings. The van der Waals surface area contributed by atoms with E-state index in [1.165, 1.54) is 6.42 Å². The highest BCUT2D eigenvalue weighted by molar-refractivity contribution is 5.85. The minimum absolute atomic E-state index is 0.286. The molecule has 0 heterocycles. The van der Waals surface area contributed by atoms with E-state index >= 15 is 0 Å². The molecule has 3 N–H and O–H groups in total. The predicted molar refractivity (Wildman–Crippen MR) is 64.5 cm³/mol. The van der Waals surface area contributed by atoms with Crippen molar-refractivity contribution in [3.63, 3.8) is 0 Å². The van der Waals surface area contributed by atoms with Gasteiger partial charge in [0.25, 0.3) is 5.91 Å². The average Bonchev–Trinajstić information content (AvgIpc) is 2.75. The molecule has 2 aliphatic rings. The molecule has 2 fully saturated rings. The number of hydrogen-bond acceptors (Lipinski definition) is 3. The van der Waals surface area contributed by atoms with E-state index < -0.39 is 11.2 Å². The van der Waals surface area contributed by atoms with Crippen LogP contribution in [-0.4, -0.2) is 33.9 Å². The summed E-state index contributed by atoms with van der Waals surface area (Å²) in [4.78, 5) is 11.9. The van der Waals surface area contributed by atoms with Crippen molar-refractivity contribution in [3.05, 3.63) is 0 Å². The number of carbonyl (C=O) groups excluding carboxylic acids is 1. The summed E-state index contributed by atoms with van der Waals surface area (Å²) in [5.41, 5.74) is -1.92.